The van der Waals surface area contributed by atoms with E-state index in [0.29, 0.717) is 11.1 Å². The number of rotatable bonds is 31. The van der Waals surface area contributed by atoms with E-state index in [-0.39, 0.29) is 74.4 Å². The molecule has 8 amide bonds. The first-order valence-electron chi connectivity index (χ1n) is 24.6. The van der Waals surface area contributed by atoms with Gasteiger partial charge in [-0.15, -0.1) is 0 Å². The van der Waals surface area contributed by atoms with Crippen LogP contribution in [-0.4, -0.2) is 136 Å². The highest BCUT2D eigenvalue weighted by atomic mass is 32.1. The van der Waals surface area contributed by atoms with Crippen molar-refractivity contribution in [2.75, 3.05) is 12.3 Å². The lowest BCUT2D eigenvalue weighted by Crippen LogP contribution is -2.60. The number of amides is 8. The summed E-state index contributed by atoms with van der Waals surface area (Å²) >= 11 is 4.25. The number of hydrogen-bond donors (Lipinski definition) is 14. The second-order valence-electron chi connectivity index (χ2n) is 19.4. The molecular weight excluding hydrogens is 977 g/mol. The van der Waals surface area contributed by atoms with E-state index in [9.17, 15) is 53.4 Å². The van der Waals surface area contributed by atoms with Gasteiger partial charge in [0.1, 0.15) is 54.1 Å². The third-order valence-corrected chi connectivity index (χ3v) is 11.8. The number of nitrogens with one attached hydrogen (secondary N) is 8. The van der Waals surface area contributed by atoms with Crippen molar-refractivity contribution in [1.82, 2.24) is 42.5 Å². The van der Waals surface area contributed by atoms with Gasteiger partial charge in [0, 0.05) is 18.7 Å². The lowest BCUT2D eigenvalue weighted by Gasteiger charge is -2.27. The van der Waals surface area contributed by atoms with Gasteiger partial charge in [-0.2, -0.15) is 12.6 Å². The van der Waals surface area contributed by atoms with Crippen molar-refractivity contribution < 1.29 is 53.4 Å². The second-order valence-corrected chi connectivity index (χ2v) is 19.8. The van der Waals surface area contributed by atoms with Crippen LogP contribution in [-0.2, 0) is 56.0 Å². The Morgan fingerprint density at radius 1 is 0.541 bits per heavy atom. The maximum Gasteiger partial charge on any atom is 0.326 e. The first-order chi connectivity index (χ1) is 34.7. The maximum atomic E-state index is 13.9. The molecule has 410 valence electrons. The number of carboxylic acids is 1. The highest BCUT2D eigenvalue weighted by molar-refractivity contribution is 7.80. The van der Waals surface area contributed by atoms with Crippen LogP contribution >= 0.6 is 12.6 Å². The molecular formula is C50H78N12O11S. The summed E-state index contributed by atoms with van der Waals surface area (Å²) in [6.07, 6.45) is 0.582. The minimum atomic E-state index is -1.36. The van der Waals surface area contributed by atoms with Gasteiger partial charge >= 0.3 is 5.97 Å². The molecule has 0 saturated heterocycles. The summed E-state index contributed by atoms with van der Waals surface area (Å²) < 4.78 is 0. The third-order valence-electron chi connectivity index (χ3n) is 11.5. The molecule has 16 N–H and O–H groups in total. The maximum absolute atomic E-state index is 13.9. The number of phenolic OH excluding ortho intramolecular Hbond substituents is 1. The van der Waals surface area contributed by atoms with E-state index in [4.69, 9.17) is 17.2 Å². The average molecular weight is 1060 g/mol. The number of aliphatic carboxylic acids is 1. The molecule has 0 aliphatic heterocycles. The first-order valence-corrected chi connectivity index (χ1v) is 25.2. The van der Waals surface area contributed by atoms with Gasteiger partial charge in [0.2, 0.25) is 47.3 Å². The molecule has 2 aromatic rings. The predicted octanol–water partition coefficient (Wildman–Crippen LogP) is -0.761. The molecule has 0 fully saturated rings. The Morgan fingerprint density at radius 3 is 1.46 bits per heavy atom. The molecule has 0 heterocycles. The molecule has 0 bridgehead atoms. The summed E-state index contributed by atoms with van der Waals surface area (Å²) in [5, 5.41) is 40.0. The van der Waals surface area contributed by atoms with Gasteiger partial charge in [0.25, 0.3) is 0 Å². The highest BCUT2D eigenvalue weighted by Crippen LogP contribution is 2.14. The summed E-state index contributed by atoms with van der Waals surface area (Å²) in [6, 6.07) is 3.93. The number of carboxylic acid groups (broad SMARTS) is 1. The number of phenols is 1. The number of carbonyl (C=O) groups excluding carboxylic acids is 8. The Balaban J connectivity index is 2.20. The lowest BCUT2D eigenvalue weighted by molar-refractivity contribution is -0.143. The number of carbonyl (C=O) groups is 9. The summed E-state index contributed by atoms with van der Waals surface area (Å²) in [5.41, 5.74) is 18.4. The zero-order chi connectivity index (χ0) is 55.8. The van der Waals surface area contributed by atoms with E-state index < -0.39 is 114 Å². The van der Waals surface area contributed by atoms with Crippen LogP contribution < -0.4 is 59.7 Å². The van der Waals surface area contributed by atoms with Crippen LogP contribution in [0.15, 0.2) is 59.6 Å². The van der Waals surface area contributed by atoms with E-state index in [0.717, 1.165) is 0 Å². The van der Waals surface area contributed by atoms with E-state index in [1.165, 1.54) is 26.0 Å². The normalized spacial score (nSPS) is 14.8. The SMILES string of the molecule is CC(C)C[C@H](NC(=O)[C@H](C)NC(=O)[C@H](CS)NC(=O)[C@H](CCCN=C(N)N)NC(=O)[C@H](C)NC(=O)[C@H](CC(C)C)NC(=O)[C@@H](N)Cc1ccc(O)cc1)C(=O)N[C@@H](Cc1ccccc1)C(=O)N[C@H](C(=O)O)C(C)C. The van der Waals surface area contributed by atoms with E-state index in [2.05, 4.69) is 60.2 Å². The van der Waals surface area contributed by atoms with Crippen molar-refractivity contribution in [3.63, 3.8) is 0 Å². The van der Waals surface area contributed by atoms with Crippen molar-refractivity contribution in [2.24, 2.45) is 39.9 Å². The van der Waals surface area contributed by atoms with Crippen molar-refractivity contribution >= 4 is 71.8 Å². The Kier molecular flexibility index (Phi) is 27.0. The average Bonchev–Trinajstić information content (AvgIpc) is 3.32. The van der Waals surface area contributed by atoms with Crippen LogP contribution in [0.3, 0.4) is 0 Å². The van der Waals surface area contributed by atoms with Gasteiger partial charge in [-0.05, 0) is 87.0 Å². The Bertz CT molecular complexity index is 2230. The van der Waals surface area contributed by atoms with Crippen LogP contribution in [0.5, 0.6) is 5.75 Å². The molecule has 0 saturated carbocycles. The minimum Gasteiger partial charge on any atom is -0.508 e. The van der Waals surface area contributed by atoms with E-state index in [1.54, 1.807) is 56.3 Å². The monoisotopic (exact) mass is 1050 g/mol. The Hall–Kier alpha value is -6.95. The van der Waals surface area contributed by atoms with Gasteiger partial charge < -0.3 is 69.9 Å². The molecule has 9 atom stereocenters. The highest BCUT2D eigenvalue weighted by Gasteiger charge is 2.34. The van der Waals surface area contributed by atoms with Gasteiger partial charge in [0.15, 0.2) is 5.96 Å². The largest absolute Gasteiger partial charge is 0.508 e. The number of benzene rings is 2. The van der Waals surface area contributed by atoms with E-state index >= 15 is 0 Å². The fourth-order valence-corrected chi connectivity index (χ4v) is 7.61. The number of nitrogens with two attached hydrogens (primary N) is 3. The predicted molar refractivity (Wildman–Crippen MR) is 282 cm³/mol. The number of hydrogen-bond acceptors (Lipinski definition) is 13. The van der Waals surface area contributed by atoms with Crippen molar-refractivity contribution in [1.29, 1.82) is 0 Å². The van der Waals surface area contributed by atoms with Crippen molar-refractivity contribution in [3.8, 4) is 5.75 Å². The van der Waals surface area contributed by atoms with Gasteiger partial charge in [-0.3, -0.25) is 43.3 Å². The quantitative estimate of drug-likeness (QED) is 0.0191. The van der Waals surface area contributed by atoms with Gasteiger partial charge in [0.05, 0.1) is 6.04 Å². The summed E-state index contributed by atoms with van der Waals surface area (Å²) in [6.45, 7) is 13.4. The fourth-order valence-electron chi connectivity index (χ4n) is 7.35. The molecule has 74 heavy (non-hydrogen) atoms. The molecule has 0 spiro atoms. The minimum absolute atomic E-state index is 0.00578. The van der Waals surface area contributed by atoms with Crippen molar-refractivity contribution in [2.45, 2.75) is 148 Å². The second kappa shape index (κ2) is 31.6. The zero-order valence-electron chi connectivity index (χ0n) is 43.5. The number of aliphatic imine (C=N–C) groups is 1. The summed E-state index contributed by atoms with van der Waals surface area (Å²) in [4.78, 5) is 125. The molecule has 23 nitrogen and oxygen atoms in total. The third kappa shape index (κ3) is 22.9. The zero-order valence-corrected chi connectivity index (χ0v) is 44.4. The summed E-state index contributed by atoms with van der Waals surface area (Å²) in [5.74, 6) is -8.38. The van der Waals surface area contributed by atoms with E-state index in [1.807, 2.05) is 27.7 Å². The molecule has 0 radical (unpaired) electrons. The smallest absolute Gasteiger partial charge is 0.326 e. The Labute approximate surface area is 438 Å². The number of aromatic hydroxyl groups is 1. The van der Waals surface area contributed by atoms with Gasteiger partial charge in [-0.25, -0.2) is 4.79 Å². The fraction of sp³-hybridized carbons (Fsp3) is 0.560. The molecule has 24 heteroatoms. The number of guanidine groups is 1. The molecule has 2 rings (SSSR count). The Morgan fingerprint density at radius 2 is 0.973 bits per heavy atom. The molecule has 2 aromatic carbocycles. The summed E-state index contributed by atoms with van der Waals surface area (Å²) in [7, 11) is 0. The van der Waals surface area contributed by atoms with Gasteiger partial charge in [-0.1, -0.05) is 84.0 Å². The van der Waals surface area contributed by atoms with Crippen molar-refractivity contribution in [3.05, 3.63) is 65.7 Å². The van der Waals surface area contributed by atoms with Crippen LogP contribution in [0.1, 0.15) is 92.2 Å². The molecule has 0 aliphatic rings. The van der Waals surface area contributed by atoms with Crippen LogP contribution in [0.25, 0.3) is 0 Å². The standard InChI is InChI=1S/C50H78N12O11S/c1-26(2)21-36(59-43(66)34(51)23-32-16-18-33(63)19-17-32)45(68)55-29(7)41(64)57-35(15-12-20-54-50(52)53)44(67)61-39(25-74)48(71)56-30(8)42(65)58-37(22-27(3)4)46(69)60-38(24-31-13-10-9-11-14-31)47(70)62-40(28(5)6)49(72)73/h9-11,13-14,16-19,26-30,34-40,63,74H,12,15,20-25,51H2,1-8H3,(H,55,68)(H,56,71)(H,57,64)(H,58,65)(H,59,66)(H,60,69)(H,61,67)(H,62,70)(H,72,73)(H4,52,53,54)/t29-,30-,34-,35-,36-,37-,38-,39-,40-/m0/s1. The van der Waals surface area contributed by atoms with Crippen LogP contribution in [0.2, 0.25) is 0 Å². The molecule has 0 aliphatic carbocycles. The number of nitrogens with zero attached hydrogens (tertiary/aromatic N) is 1. The molecule has 0 aromatic heterocycles. The van der Waals surface area contributed by atoms with Crippen LogP contribution in [0.4, 0.5) is 0 Å². The number of thiol groups is 1. The molecule has 0 unspecified atom stereocenters. The van der Waals surface area contributed by atoms with Crippen LogP contribution in [0, 0.1) is 17.8 Å². The first kappa shape index (κ1) is 63.2. The lowest BCUT2D eigenvalue weighted by atomic mass is 9.99. The topological polar surface area (TPSA) is 381 Å².